The molecule has 1 aliphatic rings. The molecule has 0 aliphatic heterocycles. The summed E-state index contributed by atoms with van der Waals surface area (Å²) in [6.45, 7) is 2.61. The second-order valence-corrected chi connectivity index (χ2v) is 9.15. The lowest BCUT2D eigenvalue weighted by Crippen LogP contribution is -2.24. The lowest BCUT2D eigenvalue weighted by molar-refractivity contribution is -0.123. The summed E-state index contributed by atoms with van der Waals surface area (Å²) < 4.78 is 139. The molecule has 0 heterocycles. The van der Waals surface area contributed by atoms with Crippen molar-refractivity contribution >= 4 is 11.6 Å². The monoisotopic (exact) mass is 542 g/mol. The standard InChI is InChI=1S/C25H20F10O2/c1-3-4-9(15-18(28)22(32)25(35)23(33)19(15)29)6-11-10(12(36)7-13(11)37)5-8(2)14-16(26)20(30)24(34)21(31)17(14)27/h8-11H,3-7H2,1-2H3. The maximum Gasteiger partial charge on any atom is 0.200 e. The highest BCUT2D eigenvalue weighted by Crippen LogP contribution is 2.43. The Bertz CT molecular complexity index is 1200. The minimum Gasteiger partial charge on any atom is -0.299 e. The highest BCUT2D eigenvalue weighted by Gasteiger charge is 2.45. The van der Waals surface area contributed by atoms with Crippen LogP contribution < -0.4 is 0 Å². The average Bonchev–Trinajstić information content (AvgIpc) is 3.11. The van der Waals surface area contributed by atoms with E-state index in [0.29, 0.717) is 0 Å². The molecule has 37 heavy (non-hydrogen) atoms. The van der Waals surface area contributed by atoms with Crippen LogP contribution in [-0.4, -0.2) is 11.6 Å². The van der Waals surface area contributed by atoms with Gasteiger partial charge >= 0.3 is 0 Å². The molecule has 0 N–H and O–H groups in total. The lowest BCUT2D eigenvalue weighted by Gasteiger charge is -2.26. The quantitative estimate of drug-likeness (QED) is 0.152. The van der Waals surface area contributed by atoms with Gasteiger partial charge in [-0.1, -0.05) is 20.3 Å². The van der Waals surface area contributed by atoms with Crippen molar-refractivity contribution in [3.8, 4) is 0 Å². The van der Waals surface area contributed by atoms with Crippen LogP contribution in [0.25, 0.3) is 0 Å². The van der Waals surface area contributed by atoms with Gasteiger partial charge in [-0.25, -0.2) is 43.9 Å². The summed E-state index contributed by atoms with van der Waals surface area (Å²) in [5.74, 6) is -28.9. The first-order valence-electron chi connectivity index (χ1n) is 11.3. The van der Waals surface area contributed by atoms with Crippen molar-refractivity contribution in [2.75, 3.05) is 0 Å². The molecule has 0 bridgehead atoms. The number of carbonyl (C=O) groups is 2. The van der Waals surface area contributed by atoms with E-state index in [2.05, 4.69) is 0 Å². The van der Waals surface area contributed by atoms with Gasteiger partial charge in [-0.15, -0.1) is 0 Å². The molecule has 2 aromatic carbocycles. The van der Waals surface area contributed by atoms with Crippen LogP contribution >= 0.6 is 0 Å². The fraction of sp³-hybridized carbons (Fsp3) is 0.440. The third-order valence-electron chi connectivity index (χ3n) is 6.83. The molecular formula is C25H20F10O2. The Morgan fingerprint density at radius 2 is 0.946 bits per heavy atom. The lowest BCUT2D eigenvalue weighted by atomic mass is 9.77. The number of ketones is 2. The van der Waals surface area contributed by atoms with E-state index in [4.69, 9.17) is 0 Å². The van der Waals surface area contributed by atoms with E-state index >= 15 is 0 Å². The predicted octanol–water partition coefficient (Wildman–Crippen LogP) is 7.32. The molecule has 0 amide bonds. The first kappa shape index (κ1) is 28.6. The number of halogens is 10. The topological polar surface area (TPSA) is 34.1 Å². The predicted molar refractivity (Wildman–Crippen MR) is 109 cm³/mol. The zero-order chi connectivity index (χ0) is 27.9. The highest BCUT2D eigenvalue weighted by molar-refractivity contribution is 6.08. The second kappa shape index (κ2) is 10.8. The van der Waals surface area contributed by atoms with Gasteiger partial charge in [-0.05, 0) is 31.1 Å². The summed E-state index contributed by atoms with van der Waals surface area (Å²) in [5.41, 5.74) is -2.36. The summed E-state index contributed by atoms with van der Waals surface area (Å²) in [4.78, 5) is 25.1. The third-order valence-corrected chi connectivity index (χ3v) is 6.83. The Hall–Kier alpha value is -2.92. The number of rotatable bonds is 8. The van der Waals surface area contributed by atoms with E-state index in [0.717, 1.165) is 6.92 Å². The summed E-state index contributed by atoms with van der Waals surface area (Å²) in [7, 11) is 0. The molecule has 1 saturated carbocycles. The number of hydrogen-bond acceptors (Lipinski definition) is 2. The molecule has 1 fully saturated rings. The van der Waals surface area contributed by atoms with Crippen LogP contribution in [0, 0.1) is 70.0 Å². The molecule has 0 radical (unpaired) electrons. The first-order valence-corrected chi connectivity index (χ1v) is 11.3. The zero-order valence-electron chi connectivity index (χ0n) is 19.4. The molecule has 12 heteroatoms. The SMILES string of the molecule is CCCC(CC1C(=O)CC(=O)C1CC(C)c1c(F)c(F)c(F)c(F)c1F)c1c(F)c(F)c(F)c(F)c1F. The van der Waals surface area contributed by atoms with Gasteiger partial charge in [0.25, 0.3) is 0 Å². The molecule has 2 aromatic rings. The van der Waals surface area contributed by atoms with Crippen LogP contribution in [0.4, 0.5) is 43.9 Å². The average molecular weight is 542 g/mol. The molecule has 0 aromatic heterocycles. The Kier molecular flexibility index (Phi) is 8.38. The van der Waals surface area contributed by atoms with E-state index in [-0.39, 0.29) is 12.8 Å². The molecule has 3 rings (SSSR count). The Balaban J connectivity index is 1.99. The van der Waals surface area contributed by atoms with E-state index < -0.39 is 124 Å². The van der Waals surface area contributed by atoms with Crippen molar-refractivity contribution in [1.82, 2.24) is 0 Å². The number of hydrogen-bond donors (Lipinski definition) is 0. The van der Waals surface area contributed by atoms with Gasteiger partial charge in [0.15, 0.2) is 46.5 Å². The highest BCUT2D eigenvalue weighted by atomic mass is 19.2. The van der Waals surface area contributed by atoms with Crippen molar-refractivity contribution in [2.45, 2.75) is 57.8 Å². The Labute approximate surface area is 204 Å². The summed E-state index contributed by atoms with van der Waals surface area (Å²) >= 11 is 0. The van der Waals surface area contributed by atoms with Crippen LogP contribution in [0.1, 0.15) is 68.9 Å². The van der Waals surface area contributed by atoms with Gasteiger partial charge < -0.3 is 0 Å². The molecule has 0 saturated heterocycles. The molecule has 1 aliphatic carbocycles. The molecular weight excluding hydrogens is 522 g/mol. The molecule has 4 atom stereocenters. The first-order chi connectivity index (χ1) is 17.2. The van der Waals surface area contributed by atoms with Gasteiger partial charge in [0.1, 0.15) is 11.6 Å². The smallest absolute Gasteiger partial charge is 0.200 e. The van der Waals surface area contributed by atoms with E-state index in [1.54, 1.807) is 6.92 Å². The summed E-state index contributed by atoms with van der Waals surface area (Å²) in [6, 6.07) is 0. The molecule has 202 valence electrons. The number of carbonyl (C=O) groups excluding carboxylic acids is 2. The van der Waals surface area contributed by atoms with Gasteiger partial charge in [0.2, 0.25) is 11.6 Å². The number of Topliss-reactive ketones (excluding diaryl/α,β-unsaturated/α-hetero) is 2. The fourth-order valence-corrected chi connectivity index (χ4v) is 5.04. The molecule has 4 unspecified atom stereocenters. The Morgan fingerprint density at radius 3 is 1.35 bits per heavy atom. The van der Waals surface area contributed by atoms with Crippen molar-refractivity contribution in [2.24, 2.45) is 11.8 Å². The van der Waals surface area contributed by atoms with Crippen molar-refractivity contribution in [3.63, 3.8) is 0 Å². The van der Waals surface area contributed by atoms with Gasteiger partial charge in [-0.3, -0.25) is 9.59 Å². The maximum atomic E-state index is 14.5. The van der Waals surface area contributed by atoms with Crippen LogP contribution in [0.5, 0.6) is 0 Å². The van der Waals surface area contributed by atoms with E-state index in [9.17, 15) is 53.5 Å². The van der Waals surface area contributed by atoms with Crippen molar-refractivity contribution in [1.29, 1.82) is 0 Å². The fourth-order valence-electron chi connectivity index (χ4n) is 5.04. The minimum atomic E-state index is -2.37. The van der Waals surface area contributed by atoms with Crippen LogP contribution in [0.15, 0.2) is 0 Å². The Morgan fingerprint density at radius 1 is 0.595 bits per heavy atom. The minimum absolute atomic E-state index is 0.143. The zero-order valence-corrected chi connectivity index (χ0v) is 19.4. The maximum absolute atomic E-state index is 14.5. The van der Waals surface area contributed by atoms with Crippen molar-refractivity contribution in [3.05, 3.63) is 69.3 Å². The van der Waals surface area contributed by atoms with E-state index in [1.807, 2.05) is 0 Å². The molecule has 2 nitrogen and oxygen atoms in total. The van der Waals surface area contributed by atoms with Crippen LogP contribution in [0.2, 0.25) is 0 Å². The second-order valence-electron chi connectivity index (χ2n) is 9.15. The number of benzene rings is 2. The van der Waals surface area contributed by atoms with E-state index in [1.165, 1.54) is 0 Å². The molecule has 0 spiro atoms. The largest absolute Gasteiger partial charge is 0.299 e. The van der Waals surface area contributed by atoms with Gasteiger partial charge in [0, 0.05) is 23.0 Å². The van der Waals surface area contributed by atoms with Crippen molar-refractivity contribution < 1.29 is 53.5 Å². The summed E-state index contributed by atoms with van der Waals surface area (Å²) in [5, 5.41) is 0. The van der Waals surface area contributed by atoms with Gasteiger partial charge in [0.05, 0.1) is 6.42 Å². The van der Waals surface area contributed by atoms with Crippen LogP contribution in [0.3, 0.4) is 0 Å². The van der Waals surface area contributed by atoms with Crippen LogP contribution in [-0.2, 0) is 9.59 Å². The third kappa shape index (κ3) is 4.98. The normalized spacial score (nSPS) is 19.6. The van der Waals surface area contributed by atoms with Gasteiger partial charge in [-0.2, -0.15) is 0 Å². The summed E-state index contributed by atoms with van der Waals surface area (Å²) in [6.07, 6.45) is -1.73.